The highest BCUT2D eigenvalue weighted by Crippen LogP contribution is 2.56. The molecule has 0 spiro atoms. The van der Waals surface area contributed by atoms with Crippen LogP contribution in [-0.2, 0) is 16.6 Å². The Kier molecular flexibility index (Phi) is 3.81. The maximum Gasteiger partial charge on any atom is 0.240 e. The minimum Gasteiger partial charge on any atom is -0.398 e. The van der Waals surface area contributed by atoms with E-state index in [2.05, 4.69) is 24.1 Å². The van der Waals surface area contributed by atoms with E-state index in [1.807, 2.05) is 0 Å². The van der Waals surface area contributed by atoms with E-state index >= 15 is 0 Å². The van der Waals surface area contributed by atoms with Gasteiger partial charge in [-0.15, -0.1) is 11.6 Å². The second kappa shape index (κ2) is 5.63. The number of amides is 1. The molecule has 2 fully saturated rings. The van der Waals surface area contributed by atoms with Gasteiger partial charge in [-0.1, -0.05) is 18.9 Å². The molecule has 1 heterocycles. The number of likely N-dealkylation sites (tertiary alicyclic amines) is 1. The number of piperidine rings is 1. The molecule has 3 aliphatic rings. The average molecular weight is 348 g/mol. The summed E-state index contributed by atoms with van der Waals surface area (Å²) in [6, 6.07) is 4.79. The predicted octanol–water partition coefficient (Wildman–Crippen LogP) is 2.72. The van der Waals surface area contributed by atoms with Crippen LogP contribution in [0.25, 0.3) is 0 Å². The molecule has 4 rings (SSSR count). The Morgan fingerprint density at radius 1 is 1.38 bits per heavy atom. The van der Waals surface area contributed by atoms with Crippen molar-refractivity contribution in [1.82, 2.24) is 4.90 Å². The number of likely N-dealkylation sites (N-methyl/N-ethyl adjacent to an activating group) is 1. The standard InChI is InChI=1S/C19H26ClN3O/c1-23-7-6-19-5-3-2-4-13(19)16(23)9-11-8-15(21)12(10-14(11)19)17(20)18(22)24/h8,10,13,16-17H,2-7,9,21H2,1H3,(H2,22,24)/t13-,16+,17?,19+/m0/s1. The van der Waals surface area contributed by atoms with Crippen molar-refractivity contribution in [3.05, 3.63) is 28.8 Å². The monoisotopic (exact) mass is 347 g/mol. The van der Waals surface area contributed by atoms with Gasteiger partial charge in [-0.25, -0.2) is 0 Å². The van der Waals surface area contributed by atoms with Crippen molar-refractivity contribution in [2.45, 2.75) is 55.4 Å². The molecule has 4 N–H and O–H groups in total. The van der Waals surface area contributed by atoms with Gasteiger partial charge < -0.3 is 16.4 Å². The smallest absolute Gasteiger partial charge is 0.240 e. The number of hydrogen-bond acceptors (Lipinski definition) is 3. The second-order valence-electron chi connectivity index (χ2n) is 7.91. The summed E-state index contributed by atoms with van der Waals surface area (Å²) in [7, 11) is 2.26. The normalized spacial score (nSPS) is 33.4. The molecule has 2 bridgehead atoms. The van der Waals surface area contributed by atoms with Crippen LogP contribution in [0.1, 0.15) is 54.2 Å². The van der Waals surface area contributed by atoms with Gasteiger partial charge >= 0.3 is 0 Å². The summed E-state index contributed by atoms with van der Waals surface area (Å²) >= 11 is 6.26. The third-order valence-corrected chi connectivity index (χ3v) is 7.29. The maximum absolute atomic E-state index is 11.6. The Morgan fingerprint density at radius 2 is 2.17 bits per heavy atom. The number of alkyl halides is 1. The first-order valence-electron chi connectivity index (χ1n) is 9.00. The SMILES string of the molecule is CN1CC[C@]23CCCC[C@H]2[C@H]1Cc1cc(N)c(C(Cl)C(N)=O)cc13. The van der Waals surface area contributed by atoms with Gasteiger partial charge in [0, 0.05) is 22.7 Å². The quantitative estimate of drug-likeness (QED) is 0.638. The van der Waals surface area contributed by atoms with Gasteiger partial charge in [0.25, 0.3) is 0 Å². The van der Waals surface area contributed by atoms with Crippen LogP contribution in [-0.4, -0.2) is 30.4 Å². The number of halogens is 1. The molecule has 1 aromatic rings. The summed E-state index contributed by atoms with van der Waals surface area (Å²) in [5.41, 5.74) is 15.9. The van der Waals surface area contributed by atoms with Crippen molar-refractivity contribution >= 4 is 23.2 Å². The van der Waals surface area contributed by atoms with Crippen molar-refractivity contribution < 1.29 is 4.79 Å². The van der Waals surface area contributed by atoms with Gasteiger partial charge in [-0.05, 0) is 62.4 Å². The lowest BCUT2D eigenvalue weighted by molar-refractivity contribution is -0.117. The van der Waals surface area contributed by atoms with Crippen LogP contribution in [0.5, 0.6) is 0 Å². The molecule has 1 aliphatic heterocycles. The first-order valence-corrected chi connectivity index (χ1v) is 9.44. The van der Waals surface area contributed by atoms with E-state index in [4.69, 9.17) is 23.1 Å². The number of primary amides is 1. The molecule has 1 amide bonds. The first-order chi connectivity index (χ1) is 11.4. The Bertz CT molecular complexity index is 691. The van der Waals surface area contributed by atoms with Crippen LogP contribution in [0.3, 0.4) is 0 Å². The third kappa shape index (κ3) is 2.19. The third-order valence-electron chi connectivity index (χ3n) is 6.84. The number of nitrogens with zero attached hydrogens (tertiary/aromatic N) is 1. The van der Waals surface area contributed by atoms with Crippen LogP contribution in [0, 0.1) is 5.92 Å². The van der Waals surface area contributed by atoms with Gasteiger partial charge in [0.15, 0.2) is 0 Å². The molecule has 1 saturated heterocycles. The highest BCUT2D eigenvalue weighted by molar-refractivity contribution is 6.31. The number of carbonyl (C=O) groups excluding carboxylic acids is 1. The summed E-state index contributed by atoms with van der Waals surface area (Å²) in [5, 5.41) is -0.849. The van der Waals surface area contributed by atoms with E-state index in [-0.39, 0.29) is 5.41 Å². The highest BCUT2D eigenvalue weighted by atomic mass is 35.5. The summed E-state index contributed by atoms with van der Waals surface area (Å²) in [6.45, 7) is 1.14. The molecule has 1 unspecified atom stereocenters. The Balaban J connectivity index is 1.88. The lowest BCUT2D eigenvalue weighted by Crippen LogP contribution is -2.59. The molecular formula is C19H26ClN3O. The van der Waals surface area contributed by atoms with Gasteiger partial charge in [0.05, 0.1) is 0 Å². The number of benzene rings is 1. The van der Waals surface area contributed by atoms with Crippen LogP contribution in [0.15, 0.2) is 12.1 Å². The van der Waals surface area contributed by atoms with Crippen LogP contribution >= 0.6 is 11.6 Å². The fourth-order valence-corrected chi connectivity index (χ4v) is 5.85. The molecular weight excluding hydrogens is 322 g/mol. The highest BCUT2D eigenvalue weighted by Gasteiger charge is 2.53. The maximum atomic E-state index is 11.6. The zero-order valence-electron chi connectivity index (χ0n) is 14.2. The molecule has 4 nitrogen and oxygen atoms in total. The largest absolute Gasteiger partial charge is 0.398 e. The molecule has 0 aromatic heterocycles. The van der Waals surface area contributed by atoms with Crippen LogP contribution in [0.2, 0.25) is 0 Å². The van der Waals surface area contributed by atoms with Crippen molar-refractivity contribution in [2.24, 2.45) is 11.7 Å². The Hall–Kier alpha value is -1.26. The van der Waals surface area contributed by atoms with E-state index in [1.54, 1.807) is 0 Å². The van der Waals surface area contributed by atoms with Crippen molar-refractivity contribution in [1.29, 1.82) is 0 Å². The number of hydrogen-bond donors (Lipinski definition) is 2. The molecule has 4 atom stereocenters. The van der Waals surface area contributed by atoms with E-state index in [0.717, 1.165) is 13.0 Å². The molecule has 5 heteroatoms. The summed E-state index contributed by atoms with van der Waals surface area (Å²) in [5.74, 6) is 0.175. The van der Waals surface area contributed by atoms with Gasteiger partial charge in [-0.2, -0.15) is 0 Å². The molecule has 2 aliphatic carbocycles. The number of anilines is 1. The minimum absolute atomic E-state index is 0.236. The Morgan fingerprint density at radius 3 is 2.92 bits per heavy atom. The number of carbonyl (C=O) groups is 1. The topological polar surface area (TPSA) is 72.3 Å². The van der Waals surface area contributed by atoms with E-state index in [9.17, 15) is 4.79 Å². The molecule has 24 heavy (non-hydrogen) atoms. The van der Waals surface area contributed by atoms with Crippen LogP contribution < -0.4 is 11.5 Å². The van der Waals surface area contributed by atoms with E-state index in [1.165, 1.54) is 43.2 Å². The number of nitrogen functional groups attached to an aromatic ring is 1. The predicted molar refractivity (Wildman–Crippen MR) is 97.0 cm³/mol. The second-order valence-corrected chi connectivity index (χ2v) is 8.35. The lowest BCUT2D eigenvalue weighted by Gasteiger charge is -2.58. The number of nitrogens with two attached hydrogens (primary N) is 2. The van der Waals surface area contributed by atoms with Crippen LogP contribution in [0.4, 0.5) is 5.69 Å². The molecule has 130 valence electrons. The number of fused-ring (bicyclic) bond motifs is 1. The van der Waals surface area contributed by atoms with E-state index < -0.39 is 11.3 Å². The zero-order chi connectivity index (χ0) is 17.1. The van der Waals surface area contributed by atoms with Crippen molar-refractivity contribution in [3.8, 4) is 0 Å². The van der Waals surface area contributed by atoms with Gasteiger partial charge in [0.2, 0.25) is 5.91 Å². The van der Waals surface area contributed by atoms with E-state index in [0.29, 0.717) is 23.2 Å². The summed E-state index contributed by atoms with van der Waals surface area (Å²) in [6.07, 6.45) is 7.38. The minimum atomic E-state index is -0.849. The first kappa shape index (κ1) is 16.2. The lowest BCUT2D eigenvalue weighted by atomic mass is 9.52. The average Bonchev–Trinajstić information content (AvgIpc) is 2.57. The molecule has 0 radical (unpaired) electrons. The zero-order valence-corrected chi connectivity index (χ0v) is 15.0. The van der Waals surface area contributed by atoms with Crippen molar-refractivity contribution in [2.75, 3.05) is 19.3 Å². The Labute approximate surface area is 148 Å². The fraction of sp³-hybridized carbons (Fsp3) is 0.632. The number of rotatable bonds is 2. The fourth-order valence-electron chi connectivity index (χ4n) is 5.66. The molecule has 1 saturated carbocycles. The van der Waals surface area contributed by atoms with Gasteiger partial charge in [0.1, 0.15) is 5.38 Å². The van der Waals surface area contributed by atoms with Crippen molar-refractivity contribution in [3.63, 3.8) is 0 Å². The summed E-state index contributed by atoms with van der Waals surface area (Å²) in [4.78, 5) is 14.1. The van der Waals surface area contributed by atoms with Gasteiger partial charge in [-0.3, -0.25) is 4.79 Å². The summed E-state index contributed by atoms with van der Waals surface area (Å²) < 4.78 is 0. The molecule has 1 aromatic carbocycles.